The molecule has 0 aliphatic carbocycles. The van der Waals surface area contributed by atoms with Crippen LogP contribution in [0.5, 0.6) is 0 Å². The molecule has 4 nitrogen and oxygen atoms in total. The number of hydrogen-bond acceptors (Lipinski definition) is 4. The molecule has 0 aliphatic rings. The summed E-state index contributed by atoms with van der Waals surface area (Å²) in [6.45, 7) is 7.63. The molecule has 0 radical (unpaired) electrons. The van der Waals surface area contributed by atoms with Gasteiger partial charge in [0.2, 0.25) is 0 Å². The SMILES string of the molecule is CCC(CC)(CO)CCOCCOCCOC. The molecular formula is C13H28O4. The average Bonchev–Trinajstić information content (AvgIpc) is 2.38. The van der Waals surface area contributed by atoms with Gasteiger partial charge in [-0.1, -0.05) is 13.8 Å². The van der Waals surface area contributed by atoms with Crippen molar-refractivity contribution in [3.63, 3.8) is 0 Å². The van der Waals surface area contributed by atoms with E-state index in [9.17, 15) is 5.11 Å². The highest BCUT2D eigenvalue weighted by atomic mass is 16.5. The van der Waals surface area contributed by atoms with Crippen LogP contribution in [-0.4, -0.2) is 51.9 Å². The number of aliphatic hydroxyl groups is 1. The lowest BCUT2D eigenvalue weighted by atomic mass is 9.80. The van der Waals surface area contributed by atoms with E-state index in [1.807, 2.05) is 0 Å². The number of hydrogen-bond donors (Lipinski definition) is 1. The molecule has 0 rings (SSSR count). The Kier molecular flexibility index (Phi) is 10.9. The lowest BCUT2D eigenvalue weighted by Crippen LogP contribution is -2.26. The van der Waals surface area contributed by atoms with Gasteiger partial charge in [0, 0.05) is 20.3 Å². The van der Waals surface area contributed by atoms with E-state index in [1.165, 1.54) is 0 Å². The van der Waals surface area contributed by atoms with Crippen LogP contribution in [0.4, 0.5) is 0 Å². The van der Waals surface area contributed by atoms with E-state index in [0.29, 0.717) is 33.0 Å². The Morgan fingerprint density at radius 2 is 1.41 bits per heavy atom. The standard InChI is InChI=1S/C13H28O4/c1-4-13(5-2,12-14)6-7-16-10-11-17-9-8-15-3/h14H,4-12H2,1-3H3. The predicted molar refractivity (Wildman–Crippen MR) is 68.2 cm³/mol. The van der Waals surface area contributed by atoms with Gasteiger partial charge in [0.15, 0.2) is 0 Å². The van der Waals surface area contributed by atoms with Crippen molar-refractivity contribution >= 4 is 0 Å². The quantitative estimate of drug-likeness (QED) is 0.536. The topological polar surface area (TPSA) is 47.9 Å². The second-order valence-electron chi connectivity index (χ2n) is 4.33. The maximum atomic E-state index is 9.38. The van der Waals surface area contributed by atoms with Crippen LogP contribution in [-0.2, 0) is 14.2 Å². The van der Waals surface area contributed by atoms with Gasteiger partial charge in [0.25, 0.3) is 0 Å². The zero-order valence-corrected chi connectivity index (χ0v) is 11.5. The minimum atomic E-state index is 0.0386. The molecule has 0 heterocycles. The van der Waals surface area contributed by atoms with Gasteiger partial charge in [0.05, 0.1) is 26.4 Å². The Bertz CT molecular complexity index is 149. The van der Waals surface area contributed by atoms with E-state index < -0.39 is 0 Å². The van der Waals surface area contributed by atoms with Crippen LogP contribution in [0.3, 0.4) is 0 Å². The number of rotatable bonds is 12. The zero-order chi connectivity index (χ0) is 13.0. The van der Waals surface area contributed by atoms with E-state index >= 15 is 0 Å². The van der Waals surface area contributed by atoms with Gasteiger partial charge in [-0.15, -0.1) is 0 Å². The molecule has 0 spiro atoms. The first kappa shape index (κ1) is 16.8. The molecule has 0 saturated carbocycles. The Balaban J connectivity index is 3.43. The third-order valence-corrected chi connectivity index (χ3v) is 3.42. The summed E-state index contributed by atoms with van der Waals surface area (Å²) in [5.41, 5.74) is 0.0386. The summed E-state index contributed by atoms with van der Waals surface area (Å²) in [5.74, 6) is 0. The summed E-state index contributed by atoms with van der Waals surface area (Å²) in [6.07, 6.45) is 2.90. The lowest BCUT2D eigenvalue weighted by Gasteiger charge is -2.29. The van der Waals surface area contributed by atoms with Gasteiger partial charge < -0.3 is 19.3 Å². The molecule has 0 aromatic heterocycles. The van der Waals surface area contributed by atoms with Gasteiger partial charge in [-0.25, -0.2) is 0 Å². The van der Waals surface area contributed by atoms with Crippen LogP contribution in [0.25, 0.3) is 0 Å². The summed E-state index contributed by atoms with van der Waals surface area (Å²) in [7, 11) is 1.66. The molecule has 4 heteroatoms. The molecule has 0 aromatic rings. The predicted octanol–water partition coefficient (Wildman–Crippen LogP) is 1.85. The lowest BCUT2D eigenvalue weighted by molar-refractivity contribution is 0.00780. The third-order valence-electron chi connectivity index (χ3n) is 3.42. The molecule has 0 bridgehead atoms. The average molecular weight is 248 g/mol. The van der Waals surface area contributed by atoms with Crippen molar-refractivity contribution in [1.29, 1.82) is 0 Å². The van der Waals surface area contributed by atoms with Gasteiger partial charge in [-0.2, -0.15) is 0 Å². The second-order valence-corrected chi connectivity index (χ2v) is 4.33. The first-order valence-corrected chi connectivity index (χ1v) is 6.50. The molecule has 0 aliphatic heterocycles. The van der Waals surface area contributed by atoms with Crippen LogP contribution in [0.15, 0.2) is 0 Å². The van der Waals surface area contributed by atoms with Crippen LogP contribution >= 0.6 is 0 Å². The van der Waals surface area contributed by atoms with E-state index in [0.717, 1.165) is 19.3 Å². The molecule has 0 unspecified atom stereocenters. The van der Waals surface area contributed by atoms with Crippen LogP contribution in [0.2, 0.25) is 0 Å². The van der Waals surface area contributed by atoms with Crippen molar-refractivity contribution in [3.8, 4) is 0 Å². The van der Waals surface area contributed by atoms with Gasteiger partial charge in [-0.05, 0) is 24.7 Å². The minimum absolute atomic E-state index is 0.0386. The molecule has 0 fully saturated rings. The first-order chi connectivity index (χ1) is 8.24. The fourth-order valence-electron chi connectivity index (χ4n) is 1.66. The molecular weight excluding hydrogens is 220 g/mol. The molecule has 104 valence electrons. The summed E-state index contributed by atoms with van der Waals surface area (Å²) in [6, 6.07) is 0. The molecule has 17 heavy (non-hydrogen) atoms. The van der Waals surface area contributed by atoms with E-state index in [-0.39, 0.29) is 12.0 Å². The largest absolute Gasteiger partial charge is 0.396 e. The van der Waals surface area contributed by atoms with Crippen molar-refractivity contribution in [2.75, 3.05) is 46.8 Å². The van der Waals surface area contributed by atoms with Crippen molar-refractivity contribution < 1.29 is 19.3 Å². The summed E-state index contributed by atoms with van der Waals surface area (Å²) >= 11 is 0. The number of ether oxygens (including phenoxy) is 3. The maximum absolute atomic E-state index is 9.38. The van der Waals surface area contributed by atoms with Gasteiger partial charge in [0.1, 0.15) is 0 Å². The monoisotopic (exact) mass is 248 g/mol. The highest BCUT2D eigenvalue weighted by Crippen LogP contribution is 2.29. The third kappa shape index (κ3) is 7.71. The van der Waals surface area contributed by atoms with Gasteiger partial charge in [-0.3, -0.25) is 0 Å². The maximum Gasteiger partial charge on any atom is 0.0701 e. The number of methoxy groups -OCH3 is 1. The van der Waals surface area contributed by atoms with E-state index in [4.69, 9.17) is 14.2 Å². The van der Waals surface area contributed by atoms with Crippen molar-refractivity contribution in [2.45, 2.75) is 33.1 Å². The molecule has 0 amide bonds. The smallest absolute Gasteiger partial charge is 0.0701 e. The van der Waals surface area contributed by atoms with Crippen LogP contribution < -0.4 is 0 Å². The number of aliphatic hydroxyl groups excluding tert-OH is 1. The highest BCUT2D eigenvalue weighted by Gasteiger charge is 2.24. The summed E-state index contributed by atoms with van der Waals surface area (Å²) in [4.78, 5) is 0. The Morgan fingerprint density at radius 3 is 1.88 bits per heavy atom. The molecule has 0 atom stereocenters. The second kappa shape index (κ2) is 11.0. The van der Waals surface area contributed by atoms with Crippen LogP contribution in [0.1, 0.15) is 33.1 Å². The molecule has 0 saturated heterocycles. The molecule has 0 aromatic carbocycles. The Morgan fingerprint density at radius 1 is 0.882 bits per heavy atom. The summed E-state index contributed by atoms with van der Waals surface area (Å²) < 4.78 is 15.6. The highest BCUT2D eigenvalue weighted by molar-refractivity contribution is 4.75. The Hall–Kier alpha value is -0.160. The van der Waals surface area contributed by atoms with Gasteiger partial charge >= 0.3 is 0 Å². The fraction of sp³-hybridized carbons (Fsp3) is 1.00. The van der Waals surface area contributed by atoms with Crippen LogP contribution in [0, 0.1) is 5.41 Å². The van der Waals surface area contributed by atoms with E-state index in [2.05, 4.69) is 13.8 Å². The van der Waals surface area contributed by atoms with Crippen molar-refractivity contribution in [1.82, 2.24) is 0 Å². The zero-order valence-electron chi connectivity index (χ0n) is 11.5. The fourth-order valence-corrected chi connectivity index (χ4v) is 1.66. The Labute approximate surface area is 105 Å². The first-order valence-electron chi connectivity index (χ1n) is 6.50. The minimum Gasteiger partial charge on any atom is -0.396 e. The van der Waals surface area contributed by atoms with E-state index in [1.54, 1.807) is 7.11 Å². The normalized spacial score (nSPS) is 12.0. The van der Waals surface area contributed by atoms with Crippen molar-refractivity contribution in [3.05, 3.63) is 0 Å². The molecule has 1 N–H and O–H groups in total. The van der Waals surface area contributed by atoms with Crippen molar-refractivity contribution in [2.24, 2.45) is 5.41 Å². The summed E-state index contributed by atoms with van der Waals surface area (Å²) in [5, 5.41) is 9.38.